The minimum Gasteiger partial charge on any atom is -0.328 e. The summed E-state index contributed by atoms with van der Waals surface area (Å²) in [4.78, 5) is 0. The van der Waals surface area contributed by atoms with E-state index in [0.717, 1.165) is 11.8 Å². The van der Waals surface area contributed by atoms with E-state index in [2.05, 4.69) is 43.7 Å². The van der Waals surface area contributed by atoms with Crippen LogP contribution in [-0.4, -0.2) is 23.1 Å². The zero-order valence-electron chi connectivity index (χ0n) is 16.3. The summed E-state index contributed by atoms with van der Waals surface area (Å²) in [6.07, 6.45) is 20.9. The predicted molar refractivity (Wildman–Crippen MR) is 118 cm³/mol. The van der Waals surface area contributed by atoms with Crippen molar-refractivity contribution in [3.05, 3.63) is 42.3 Å². The van der Waals surface area contributed by atoms with Crippen LogP contribution in [0.2, 0.25) is 0 Å². The third-order valence-corrected chi connectivity index (χ3v) is 5.55. The summed E-state index contributed by atoms with van der Waals surface area (Å²) in [7, 11) is 0. The molecule has 0 nitrogen and oxygen atoms in total. The maximum absolute atomic E-state index is 3.41. The number of hydrogen-bond acceptors (Lipinski definition) is 0. The molecule has 0 atom stereocenters. The Morgan fingerprint density at radius 2 is 1.72 bits per heavy atom. The van der Waals surface area contributed by atoms with Gasteiger partial charge in [0, 0.05) is 0 Å². The van der Waals surface area contributed by atoms with Crippen LogP contribution in [0.3, 0.4) is 0 Å². The SMILES string of the molecule is Br.CCCCCC1CCC(c2[c-]cccc2)CC1.[CH-]1CCCCC1.[Mg+2]. The maximum Gasteiger partial charge on any atom is 2.00 e. The third kappa shape index (κ3) is 11.0. The van der Waals surface area contributed by atoms with E-state index < -0.39 is 0 Å². The van der Waals surface area contributed by atoms with Gasteiger partial charge in [-0.2, -0.15) is 48.7 Å². The molecule has 0 heterocycles. The summed E-state index contributed by atoms with van der Waals surface area (Å²) in [5.41, 5.74) is 1.44. The van der Waals surface area contributed by atoms with Crippen molar-refractivity contribution in [3.8, 4) is 0 Å². The summed E-state index contributed by atoms with van der Waals surface area (Å²) < 4.78 is 0. The van der Waals surface area contributed by atoms with Crippen molar-refractivity contribution in [2.24, 2.45) is 5.92 Å². The average molecular weight is 418 g/mol. The van der Waals surface area contributed by atoms with Gasteiger partial charge in [-0.15, -0.1) is 17.0 Å². The van der Waals surface area contributed by atoms with Crippen molar-refractivity contribution < 1.29 is 0 Å². The van der Waals surface area contributed by atoms with Gasteiger partial charge in [-0.25, -0.2) is 0 Å². The molecule has 2 heteroatoms. The molecule has 2 fully saturated rings. The van der Waals surface area contributed by atoms with Gasteiger partial charge in [0.25, 0.3) is 0 Å². The van der Waals surface area contributed by atoms with Gasteiger partial charge in [0.05, 0.1) is 0 Å². The molecule has 0 amide bonds. The van der Waals surface area contributed by atoms with Gasteiger partial charge < -0.3 is 6.42 Å². The normalized spacial score (nSPS) is 22.6. The van der Waals surface area contributed by atoms with E-state index in [9.17, 15) is 0 Å². The first kappa shape index (κ1) is 25.5. The quantitative estimate of drug-likeness (QED) is 0.262. The molecule has 0 aromatic heterocycles. The molecule has 138 valence electrons. The second-order valence-electron chi connectivity index (χ2n) is 7.46. The van der Waals surface area contributed by atoms with E-state index >= 15 is 0 Å². The first-order valence-corrected chi connectivity index (χ1v) is 10.2. The number of halogens is 1. The van der Waals surface area contributed by atoms with E-state index in [1.807, 2.05) is 0 Å². The van der Waals surface area contributed by atoms with Gasteiger partial charge in [-0.3, -0.25) is 0 Å². The van der Waals surface area contributed by atoms with E-state index in [4.69, 9.17) is 0 Å². The number of rotatable bonds is 5. The molecule has 0 aliphatic heterocycles. The topological polar surface area (TPSA) is 0 Å². The van der Waals surface area contributed by atoms with Crippen LogP contribution in [0.25, 0.3) is 0 Å². The van der Waals surface area contributed by atoms with Crippen LogP contribution in [-0.2, 0) is 0 Å². The molecule has 2 aliphatic rings. The van der Waals surface area contributed by atoms with Gasteiger partial charge >= 0.3 is 23.1 Å². The van der Waals surface area contributed by atoms with Crippen LogP contribution in [0, 0.1) is 18.4 Å². The average Bonchev–Trinajstić information content (AvgIpc) is 2.65. The van der Waals surface area contributed by atoms with E-state index in [1.165, 1.54) is 89.0 Å². The third-order valence-electron chi connectivity index (χ3n) is 5.55. The molecule has 3 rings (SSSR count). The zero-order chi connectivity index (χ0) is 16.2. The summed E-state index contributed by atoms with van der Waals surface area (Å²) in [5.74, 6) is 1.81. The number of benzene rings is 1. The molecular formula is C23H37BrMg. The van der Waals surface area contributed by atoms with Crippen molar-refractivity contribution >= 4 is 40.0 Å². The zero-order valence-corrected chi connectivity index (χ0v) is 19.5. The minimum absolute atomic E-state index is 0. The fraction of sp³-hybridized carbons (Fsp3) is 0.696. The summed E-state index contributed by atoms with van der Waals surface area (Å²) in [6, 6.07) is 11.9. The van der Waals surface area contributed by atoms with Gasteiger partial charge in [-0.1, -0.05) is 51.9 Å². The Bertz CT molecular complexity index is 369. The standard InChI is InChI=1S/C17H25.C6H11.BrH.Mg/c1-2-3-5-8-15-11-13-17(14-12-15)16-9-6-4-7-10-16;1-2-4-6-5-3-1;;/h4,6-7,9,15,17H,2-3,5,8,11-14H2,1H3;1H,2-6H2;1H;/q2*-1;;+2. The molecule has 0 bridgehead atoms. The van der Waals surface area contributed by atoms with Crippen LogP contribution in [0.5, 0.6) is 0 Å². The Balaban J connectivity index is 0.000000616. The molecule has 0 N–H and O–H groups in total. The van der Waals surface area contributed by atoms with Crippen LogP contribution < -0.4 is 0 Å². The van der Waals surface area contributed by atoms with Gasteiger partial charge in [0.2, 0.25) is 0 Å². The van der Waals surface area contributed by atoms with E-state index in [1.54, 1.807) is 0 Å². The molecule has 0 radical (unpaired) electrons. The van der Waals surface area contributed by atoms with Crippen molar-refractivity contribution in [2.75, 3.05) is 0 Å². The van der Waals surface area contributed by atoms with Crippen molar-refractivity contribution in [2.45, 2.75) is 96.3 Å². The van der Waals surface area contributed by atoms with Gasteiger partial charge in [-0.05, 0) is 37.5 Å². The predicted octanol–water partition coefficient (Wildman–Crippen LogP) is 7.69. The largest absolute Gasteiger partial charge is 2.00 e. The van der Waals surface area contributed by atoms with Gasteiger partial charge in [0.15, 0.2) is 0 Å². The van der Waals surface area contributed by atoms with Gasteiger partial charge in [0.1, 0.15) is 0 Å². The molecule has 0 spiro atoms. The first-order chi connectivity index (χ1) is 11.4. The second-order valence-corrected chi connectivity index (χ2v) is 7.46. The fourth-order valence-electron chi connectivity index (χ4n) is 4.00. The van der Waals surface area contributed by atoms with Crippen molar-refractivity contribution in [1.82, 2.24) is 0 Å². The van der Waals surface area contributed by atoms with Crippen LogP contribution >= 0.6 is 17.0 Å². The van der Waals surface area contributed by atoms with E-state index in [-0.39, 0.29) is 40.0 Å². The Morgan fingerprint density at radius 3 is 2.20 bits per heavy atom. The Labute approximate surface area is 183 Å². The molecule has 0 unspecified atom stereocenters. The van der Waals surface area contributed by atoms with Crippen molar-refractivity contribution in [3.63, 3.8) is 0 Å². The van der Waals surface area contributed by atoms with Crippen molar-refractivity contribution in [1.29, 1.82) is 0 Å². The minimum atomic E-state index is 0. The fourth-order valence-corrected chi connectivity index (χ4v) is 4.00. The number of unbranched alkanes of at least 4 members (excludes halogenated alkanes) is 2. The Kier molecular flexibility index (Phi) is 16.9. The number of hydrogen-bond donors (Lipinski definition) is 0. The van der Waals surface area contributed by atoms with Crippen LogP contribution in [0.4, 0.5) is 0 Å². The maximum atomic E-state index is 3.41. The first-order valence-electron chi connectivity index (χ1n) is 10.2. The summed E-state index contributed by atoms with van der Waals surface area (Å²) in [5, 5.41) is 0. The second kappa shape index (κ2) is 16.6. The molecular weight excluding hydrogens is 380 g/mol. The molecule has 2 aliphatic carbocycles. The molecule has 2 saturated carbocycles. The van der Waals surface area contributed by atoms with E-state index in [0.29, 0.717) is 0 Å². The molecule has 1 aromatic carbocycles. The monoisotopic (exact) mass is 416 g/mol. The summed E-state index contributed by atoms with van der Waals surface area (Å²) in [6.45, 7) is 2.29. The molecule has 0 saturated heterocycles. The summed E-state index contributed by atoms with van der Waals surface area (Å²) >= 11 is 0. The molecule has 25 heavy (non-hydrogen) atoms. The van der Waals surface area contributed by atoms with Crippen LogP contribution in [0.1, 0.15) is 102 Å². The Morgan fingerprint density at radius 1 is 1.00 bits per heavy atom. The smallest absolute Gasteiger partial charge is 0.328 e. The Hall–Kier alpha value is 0.466. The molecule has 1 aromatic rings. The van der Waals surface area contributed by atoms with Crippen LogP contribution in [0.15, 0.2) is 24.3 Å².